The maximum atomic E-state index is 13.1. The number of rotatable bonds is 22. The minimum Gasteiger partial charge on any atom is -0.378 e. The minimum absolute atomic E-state index is 0.134. The molecule has 0 fully saturated rings. The van der Waals surface area contributed by atoms with Crippen LogP contribution in [0.2, 0.25) is 0 Å². The molecular weight excluding hydrogens is 484 g/mol. The molecule has 2 atom stereocenters. The number of aliphatic imine (C=N–C) groups is 1. The average Bonchev–Trinajstić information content (AvgIpc) is 2.85. The Bertz CT molecular complexity index is 766. The van der Waals surface area contributed by atoms with Gasteiger partial charge in [-0.15, -0.1) is 6.58 Å². The summed E-state index contributed by atoms with van der Waals surface area (Å²) in [5, 5.41) is 9.02. The third kappa shape index (κ3) is 18.0. The van der Waals surface area contributed by atoms with Crippen LogP contribution < -0.4 is 16.0 Å². The third-order valence-electron chi connectivity index (χ3n) is 6.03. The zero-order valence-electron chi connectivity index (χ0n) is 24.6. The van der Waals surface area contributed by atoms with Gasteiger partial charge in [-0.1, -0.05) is 53.2 Å². The van der Waals surface area contributed by atoms with E-state index < -0.39 is 6.04 Å². The largest absolute Gasteiger partial charge is 0.378 e. The van der Waals surface area contributed by atoms with Gasteiger partial charge in [-0.3, -0.25) is 14.4 Å². The van der Waals surface area contributed by atoms with Crippen molar-refractivity contribution in [2.24, 2.45) is 15.8 Å². The molecule has 0 saturated heterocycles. The highest BCUT2D eigenvalue weighted by Gasteiger charge is 2.35. The fraction of sp³-hybridized carbons (Fsp3) is 0.724. The van der Waals surface area contributed by atoms with E-state index in [9.17, 15) is 14.4 Å². The third-order valence-corrected chi connectivity index (χ3v) is 6.03. The van der Waals surface area contributed by atoms with Crippen LogP contribution in [0.25, 0.3) is 0 Å². The molecule has 0 rings (SSSR count). The van der Waals surface area contributed by atoms with Crippen molar-refractivity contribution in [3.05, 3.63) is 24.8 Å². The maximum absolute atomic E-state index is 13.1. The van der Waals surface area contributed by atoms with Gasteiger partial charge in [0.2, 0.25) is 11.8 Å². The number of allylic oxidation sites excluding steroid dienone is 1. The van der Waals surface area contributed by atoms with Crippen molar-refractivity contribution in [2.45, 2.75) is 79.7 Å². The minimum atomic E-state index is -0.705. The second kappa shape index (κ2) is 20.6. The average molecular weight is 537 g/mol. The highest BCUT2D eigenvalue weighted by molar-refractivity contribution is 5.94. The molecule has 0 heterocycles. The van der Waals surface area contributed by atoms with Gasteiger partial charge in [0.15, 0.2) is 0 Å². The second-order valence-corrected chi connectivity index (χ2v) is 10.5. The van der Waals surface area contributed by atoms with Crippen LogP contribution in [0.5, 0.6) is 0 Å². The van der Waals surface area contributed by atoms with Gasteiger partial charge in [0.05, 0.1) is 26.4 Å². The molecule has 0 aliphatic rings. The van der Waals surface area contributed by atoms with Gasteiger partial charge in [0.1, 0.15) is 6.04 Å². The predicted molar refractivity (Wildman–Crippen MR) is 154 cm³/mol. The van der Waals surface area contributed by atoms with Crippen LogP contribution in [0.15, 0.2) is 29.8 Å². The van der Waals surface area contributed by atoms with Crippen LogP contribution in [0, 0.1) is 10.8 Å². The molecule has 9 heteroatoms. The zero-order valence-corrected chi connectivity index (χ0v) is 24.6. The van der Waals surface area contributed by atoms with Gasteiger partial charge in [-0.25, -0.2) is 4.99 Å². The van der Waals surface area contributed by atoms with Crippen molar-refractivity contribution < 1.29 is 23.9 Å². The Balaban J connectivity index is 4.94. The Labute approximate surface area is 230 Å². The van der Waals surface area contributed by atoms with Crippen LogP contribution in [0.3, 0.4) is 0 Å². The van der Waals surface area contributed by atoms with E-state index in [0.29, 0.717) is 45.8 Å². The smallest absolute Gasteiger partial charge is 0.269 e. The van der Waals surface area contributed by atoms with Gasteiger partial charge in [0, 0.05) is 37.2 Å². The van der Waals surface area contributed by atoms with Crippen LogP contribution in [0.1, 0.15) is 73.6 Å². The summed E-state index contributed by atoms with van der Waals surface area (Å²) in [4.78, 5) is 41.3. The number of nitrogens with zero attached hydrogens (tertiary/aromatic N) is 1. The summed E-state index contributed by atoms with van der Waals surface area (Å²) in [5.41, 5.74) is -0.668. The van der Waals surface area contributed by atoms with Crippen molar-refractivity contribution >= 4 is 23.9 Å². The first-order valence-electron chi connectivity index (χ1n) is 13.8. The van der Waals surface area contributed by atoms with Crippen molar-refractivity contribution in [1.82, 2.24) is 16.0 Å². The molecule has 0 saturated carbocycles. The van der Waals surface area contributed by atoms with E-state index in [0.717, 1.165) is 25.9 Å². The van der Waals surface area contributed by atoms with E-state index in [1.165, 1.54) is 12.2 Å². The highest BCUT2D eigenvalue weighted by Crippen LogP contribution is 2.39. The molecular formula is C29H52N4O5. The maximum Gasteiger partial charge on any atom is 0.269 e. The van der Waals surface area contributed by atoms with Gasteiger partial charge in [0.25, 0.3) is 5.91 Å². The molecule has 2 unspecified atom stereocenters. The normalized spacial score (nSPS) is 14.4. The lowest BCUT2D eigenvalue weighted by atomic mass is 9.69. The van der Waals surface area contributed by atoms with Gasteiger partial charge >= 0.3 is 0 Å². The Kier molecular flexibility index (Phi) is 19.3. The number of carbonyl (C=O) groups excluding carboxylic acids is 3. The molecule has 0 bridgehead atoms. The Morgan fingerprint density at radius 2 is 1.66 bits per heavy atom. The standard InChI is InChI=1S/C29H52N4O5/c1-8-12-25(34)32-23-28(5,6)22-29(7,11-4)21-24(33-26(35)13-9-2)27(36)31-16-18-38-20-19-37-17-15-30-14-10-3/h8-9,12,23-24,30H,2,10-11,13-22H2,1,3-7H3,(H,31,36)(H,33,35)/b12-8+,32-23?. The SMILES string of the molecule is C=CCC(=O)NC(CC(C)(CC)CC(C)(C)C=NC(=O)/C=C/C)C(=O)NCCOCCOCCNCCC. The highest BCUT2D eigenvalue weighted by atomic mass is 16.5. The molecule has 38 heavy (non-hydrogen) atoms. The van der Waals surface area contributed by atoms with E-state index in [-0.39, 0.29) is 35.0 Å². The summed E-state index contributed by atoms with van der Waals surface area (Å²) in [6.45, 7) is 19.8. The summed E-state index contributed by atoms with van der Waals surface area (Å²) in [6.07, 6.45) is 9.41. The Morgan fingerprint density at radius 1 is 1.00 bits per heavy atom. The first-order chi connectivity index (χ1) is 18.0. The lowest BCUT2D eigenvalue weighted by molar-refractivity contribution is -0.129. The molecule has 0 aromatic carbocycles. The molecule has 3 amide bonds. The summed E-state index contributed by atoms with van der Waals surface area (Å²) in [7, 11) is 0. The molecule has 218 valence electrons. The summed E-state index contributed by atoms with van der Waals surface area (Å²) in [6, 6.07) is -0.705. The van der Waals surface area contributed by atoms with E-state index in [1.54, 1.807) is 19.2 Å². The predicted octanol–water partition coefficient (Wildman–Crippen LogP) is 3.59. The van der Waals surface area contributed by atoms with Crippen LogP contribution >= 0.6 is 0 Å². The Morgan fingerprint density at radius 3 is 2.24 bits per heavy atom. The molecule has 0 aromatic heterocycles. The fourth-order valence-corrected chi connectivity index (χ4v) is 4.14. The van der Waals surface area contributed by atoms with Gasteiger partial charge in [-0.2, -0.15) is 0 Å². The van der Waals surface area contributed by atoms with Gasteiger partial charge in [-0.05, 0) is 38.1 Å². The van der Waals surface area contributed by atoms with E-state index >= 15 is 0 Å². The zero-order chi connectivity index (χ0) is 28.9. The van der Waals surface area contributed by atoms with Crippen LogP contribution in [0.4, 0.5) is 0 Å². The van der Waals surface area contributed by atoms with E-state index in [4.69, 9.17) is 9.47 Å². The van der Waals surface area contributed by atoms with Crippen molar-refractivity contribution in [2.75, 3.05) is 46.1 Å². The fourth-order valence-electron chi connectivity index (χ4n) is 4.14. The molecule has 0 aliphatic carbocycles. The van der Waals surface area contributed by atoms with Crippen LogP contribution in [-0.2, 0) is 23.9 Å². The number of hydrogen-bond acceptors (Lipinski definition) is 6. The summed E-state index contributed by atoms with van der Waals surface area (Å²) >= 11 is 0. The molecule has 0 spiro atoms. The molecule has 3 N–H and O–H groups in total. The lowest BCUT2D eigenvalue weighted by Gasteiger charge is -2.37. The van der Waals surface area contributed by atoms with Crippen molar-refractivity contribution in [1.29, 1.82) is 0 Å². The van der Waals surface area contributed by atoms with E-state index in [1.807, 2.05) is 13.8 Å². The first-order valence-corrected chi connectivity index (χ1v) is 13.8. The number of nitrogens with one attached hydrogen (secondary N) is 3. The number of ether oxygens (including phenoxy) is 2. The van der Waals surface area contributed by atoms with Crippen molar-refractivity contribution in [3.63, 3.8) is 0 Å². The summed E-state index contributed by atoms with van der Waals surface area (Å²) in [5.74, 6) is -0.803. The van der Waals surface area contributed by atoms with Crippen LogP contribution in [-0.4, -0.2) is 76.0 Å². The topological polar surface area (TPSA) is 118 Å². The molecule has 9 nitrogen and oxygen atoms in total. The van der Waals surface area contributed by atoms with Gasteiger partial charge < -0.3 is 25.4 Å². The number of amides is 3. The number of hydrogen-bond donors (Lipinski definition) is 3. The quantitative estimate of drug-likeness (QED) is 0.0842. The summed E-state index contributed by atoms with van der Waals surface area (Å²) < 4.78 is 11.1. The molecule has 0 radical (unpaired) electrons. The monoisotopic (exact) mass is 536 g/mol. The number of carbonyl (C=O) groups is 3. The molecule has 0 aliphatic heterocycles. The lowest BCUT2D eigenvalue weighted by Crippen LogP contribution is -2.50. The first kappa shape index (κ1) is 35.6. The molecule has 0 aromatic rings. The van der Waals surface area contributed by atoms with E-state index in [2.05, 4.69) is 48.3 Å². The Hall–Kier alpha value is -2.36. The van der Waals surface area contributed by atoms with Crippen molar-refractivity contribution in [3.8, 4) is 0 Å². The second-order valence-electron chi connectivity index (χ2n) is 10.5.